The van der Waals surface area contributed by atoms with Gasteiger partial charge in [0.15, 0.2) is 0 Å². The Labute approximate surface area is 56.4 Å². The second-order valence-corrected chi connectivity index (χ2v) is 2.76. The summed E-state index contributed by atoms with van der Waals surface area (Å²) in [6.45, 7) is 7.65. The van der Waals surface area contributed by atoms with E-state index in [-0.39, 0.29) is 5.60 Å². The van der Waals surface area contributed by atoms with Crippen molar-refractivity contribution in [3.63, 3.8) is 0 Å². The van der Waals surface area contributed by atoms with Crippen molar-refractivity contribution in [3.8, 4) is 0 Å². The molecule has 0 bridgehead atoms. The first-order chi connectivity index (χ1) is 4.06. The lowest BCUT2D eigenvalue weighted by molar-refractivity contribution is -0.310. The van der Waals surface area contributed by atoms with Crippen LogP contribution in [0.2, 0.25) is 0 Å². The van der Waals surface area contributed by atoms with Crippen LogP contribution in [0.25, 0.3) is 0 Å². The third-order valence-electron chi connectivity index (χ3n) is 0.490. The summed E-state index contributed by atoms with van der Waals surface area (Å²) >= 11 is 0. The van der Waals surface area contributed by atoms with E-state index in [0.717, 1.165) is 0 Å². The Balaban J connectivity index is 3.28. The van der Waals surface area contributed by atoms with Gasteiger partial charge in [-0.25, -0.2) is 0 Å². The van der Waals surface area contributed by atoms with Crippen LogP contribution in [-0.2, 0) is 9.78 Å². The van der Waals surface area contributed by atoms with Gasteiger partial charge in [-0.15, -0.1) is 0 Å². The van der Waals surface area contributed by atoms with Gasteiger partial charge in [0.05, 0.1) is 0 Å². The standard InChI is InChI=1S/C7H14O2/c1-5-6-8-9-7(2,3)4/h5-6H,1-4H3/b6-5+. The van der Waals surface area contributed by atoms with Crippen molar-refractivity contribution in [1.82, 2.24) is 0 Å². The average molecular weight is 130 g/mol. The van der Waals surface area contributed by atoms with Gasteiger partial charge >= 0.3 is 0 Å². The zero-order chi connectivity index (χ0) is 7.33. The Bertz CT molecular complexity index is 89.6. The topological polar surface area (TPSA) is 18.5 Å². The van der Waals surface area contributed by atoms with Crippen LogP contribution in [0.5, 0.6) is 0 Å². The molecule has 0 heterocycles. The fourth-order valence-corrected chi connectivity index (χ4v) is 0.228. The van der Waals surface area contributed by atoms with E-state index in [0.29, 0.717) is 0 Å². The molecule has 0 aromatic rings. The van der Waals surface area contributed by atoms with Crippen molar-refractivity contribution in [2.24, 2.45) is 0 Å². The predicted molar refractivity (Wildman–Crippen MR) is 36.7 cm³/mol. The zero-order valence-corrected chi connectivity index (χ0v) is 6.47. The fourth-order valence-electron chi connectivity index (χ4n) is 0.228. The summed E-state index contributed by atoms with van der Waals surface area (Å²) < 4.78 is 0. The number of allylic oxidation sites excluding steroid dienone is 1. The lowest BCUT2D eigenvalue weighted by Gasteiger charge is -2.15. The van der Waals surface area contributed by atoms with Gasteiger partial charge in [0.25, 0.3) is 0 Å². The maximum absolute atomic E-state index is 4.88. The number of hydrogen-bond donors (Lipinski definition) is 0. The van der Waals surface area contributed by atoms with Crippen LogP contribution in [0, 0.1) is 0 Å². The fraction of sp³-hybridized carbons (Fsp3) is 0.714. The van der Waals surface area contributed by atoms with Crippen LogP contribution in [0.15, 0.2) is 12.3 Å². The van der Waals surface area contributed by atoms with E-state index in [1.54, 1.807) is 6.08 Å². The Morgan fingerprint density at radius 3 is 2.11 bits per heavy atom. The molecule has 0 atom stereocenters. The van der Waals surface area contributed by atoms with Gasteiger partial charge in [-0.2, -0.15) is 4.89 Å². The van der Waals surface area contributed by atoms with E-state index >= 15 is 0 Å². The molecule has 0 amide bonds. The summed E-state index contributed by atoms with van der Waals surface area (Å²) in [5, 5.41) is 0. The van der Waals surface area contributed by atoms with Crippen molar-refractivity contribution in [1.29, 1.82) is 0 Å². The van der Waals surface area contributed by atoms with Crippen molar-refractivity contribution >= 4 is 0 Å². The maximum Gasteiger partial charge on any atom is 0.125 e. The summed E-state index contributed by atoms with van der Waals surface area (Å²) in [6, 6.07) is 0. The molecular weight excluding hydrogens is 116 g/mol. The molecule has 0 fully saturated rings. The van der Waals surface area contributed by atoms with Crippen molar-refractivity contribution in [3.05, 3.63) is 12.3 Å². The SMILES string of the molecule is C/C=C/OOC(C)(C)C. The van der Waals surface area contributed by atoms with E-state index in [4.69, 9.17) is 4.89 Å². The molecule has 0 saturated carbocycles. The quantitative estimate of drug-likeness (QED) is 0.324. The molecule has 9 heavy (non-hydrogen) atoms. The summed E-state index contributed by atoms with van der Waals surface area (Å²) in [5.74, 6) is 0. The van der Waals surface area contributed by atoms with Crippen LogP contribution in [0.4, 0.5) is 0 Å². The first-order valence-corrected chi connectivity index (χ1v) is 3.02. The predicted octanol–water partition coefficient (Wildman–Crippen LogP) is 2.27. The Morgan fingerprint density at radius 2 is 1.78 bits per heavy atom. The zero-order valence-electron chi connectivity index (χ0n) is 6.47. The Hall–Kier alpha value is -0.500. The monoisotopic (exact) mass is 130 g/mol. The molecule has 2 heteroatoms. The molecular formula is C7H14O2. The molecule has 0 rings (SSSR count). The van der Waals surface area contributed by atoms with E-state index in [1.165, 1.54) is 6.26 Å². The minimum Gasteiger partial charge on any atom is -0.345 e. The normalized spacial score (nSPS) is 12.4. The van der Waals surface area contributed by atoms with E-state index in [9.17, 15) is 0 Å². The van der Waals surface area contributed by atoms with Gasteiger partial charge in [0.1, 0.15) is 11.9 Å². The third kappa shape index (κ3) is 7.50. The third-order valence-corrected chi connectivity index (χ3v) is 0.490. The average Bonchev–Trinajstić information content (AvgIpc) is 1.63. The van der Waals surface area contributed by atoms with Crippen molar-refractivity contribution < 1.29 is 9.78 Å². The smallest absolute Gasteiger partial charge is 0.125 e. The van der Waals surface area contributed by atoms with Crippen molar-refractivity contribution in [2.45, 2.75) is 33.3 Å². The molecule has 0 aromatic carbocycles. The molecule has 0 N–H and O–H groups in total. The summed E-state index contributed by atoms with van der Waals surface area (Å²) in [6.07, 6.45) is 3.27. The number of hydrogen-bond acceptors (Lipinski definition) is 2. The van der Waals surface area contributed by atoms with Crippen LogP contribution in [-0.4, -0.2) is 5.60 Å². The molecule has 2 nitrogen and oxygen atoms in total. The highest BCUT2D eigenvalue weighted by Crippen LogP contribution is 2.06. The second-order valence-electron chi connectivity index (χ2n) is 2.76. The van der Waals surface area contributed by atoms with E-state index < -0.39 is 0 Å². The molecule has 0 radical (unpaired) electrons. The molecule has 0 aromatic heterocycles. The minimum atomic E-state index is -0.223. The van der Waals surface area contributed by atoms with Gasteiger partial charge in [-0.3, -0.25) is 0 Å². The summed E-state index contributed by atoms with van der Waals surface area (Å²) in [5.41, 5.74) is -0.223. The summed E-state index contributed by atoms with van der Waals surface area (Å²) in [7, 11) is 0. The molecule has 0 spiro atoms. The van der Waals surface area contributed by atoms with Crippen LogP contribution in [0.3, 0.4) is 0 Å². The first kappa shape index (κ1) is 8.50. The maximum atomic E-state index is 4.88. The van der Waals surface area contributed by atoms with Gasteiger partial charge in [0, 0.05) is 0 Å². The Morgan fingerprint density at radius 1 is 1.22 bits per heavy atom. The highest BCUT2D eigenvalue weighted by molar-refractivity contribution is 4.63. The summed E-state index contributed by atoms with van der Waals surface area (Å²) in [4.78, 5) is 9.55. The lowest BCUT2D eigenvalue weighted by Crippen LogP contribution is -2.17. The number of rotatable bonds is 2. The van der Waals surface area contributed by atoms with E-state index in [1.807, 2.05) is 27.7 Å². The molecule has 54 valence electrons. The molecule has 0 aliphatic heterocycles. The molecule has 0 aliphatic rings. The largest absolute Gasteiger partial charge is 0.345 e. The van der Waals surface area contributed by atoms with Crippen molar-refractivity contribution in [2.75, 3.05) is 0 Å². The molecule has 0 aliphatic carbocycles. The van der Waals surface area contributed by atoms with Gasteiger partial charge in [-0.1, -0.05) is 0 Å². The highest BCUT2D eigenvalue weighted by Gasteiger charge is 2.10. The van der Waals surface area contributed by atoms with Gasteiger partial charge in [-0.05, 0) is 33.8 Å². The Kier molecular flexibility index (Phi) is 3.32. The highest BCUT2D eigenvalue weighted by atomic mass is 17.2. The molecule has 0 unspecified atom stereocenters. The van der Waals surface area contributed by atoms with Gasteiger partial charge < -0.3 is 4.89 Å². The van der Waals surface area contributed by atoms with E-state index in [2.05, 4.69) is 4.89 Å². The van der Waals surface area contributed by atoms with Gasteiger partial charge in [0.2, 0.25) is 0 Å². The first-order valence-electron chi connectivity index (χ1n) is 3.02. The van der Waals surface area contributed by atoms with Crippen LogP contribution >= 0.6 is 0 Å². The minimum absolute atomic E-state index is 0.223. The second kappa shape index (κ2) is 3.51. The van der Waals surface area contributed by atoms with Crippen LogP contribution in [0.1, 0.15) is 27.7 Å². The van der Waals surface area contributed by atoms with Crippen LogP contribution < -0.4 is 0 Å². The lowest BCUT2D eigenvalue weighted by atomic mass is 10.2. The molecule has 0 saturated heterocycles.